The van der Waals surface area contributed by atoms with Crippen molar-refractivity contribution in [3.05, 3.63) is 67.6 Å². The number of benzene rings is 2. The number of oxazole rings is 1. The molecule has 0 saturated carbocycles. The summed E-state index contributed by atoms with van der Waals surface area (Å²) in [7, 11) is 0. The van der Waals surface area contributed by atoms with Crippen molar-refractivity contribution in [2.75, 3.05) is 5.32 Å². The summed E-state index contributed by atoms with van der Waals surface area (Å²) in [6.07, 6.45) is 0.477. The molecule has 9 nitrogen and oxygen atoms in total. The van der Waals surface area contributed by atoms with Crippen molar-refractivity contribution in [2.24, 2.45) is 0 Å². The van der Waals surface area contributed by atoms with Gasteiger partial charge in [0, 0.05) is 24.7 Å². The van der Waals surface area contributed by atoms with E-state index in [0.29, 0.717) is 23.2 Å². The van der Waals surface area contributed by atoms with Crippen molar-refractivity contribution in [1.29, 1.82) is 5.26 Å². The van der Waals surface area contributed by atoms with Crippen LogP contribution in [0.5, 0.6) is 0 Å². The summed E-state index contributed by atoms with van der Waals surface area (Å²) in [4.78, 5) is 34.3. The van der Waals surface area contributed by atoms with Crippen LogP contribution in [0.25, 0.3) is 11.1 Å². The van der Waals surface area contributed by atoms with Crippen molar-refractivity contribution >= 4 is 40.0 Å². The van der Waals surface area contributed by atoms with Crippen LogP contribution in [0, 0.1) is 21.4 Å². The first-order valence-electron chi connectivity index (χ1n) is 8.16. The summed E-state index contributed by atoms with van der Waals surface area (Å²) < 4.78 is 6.36. The summed E-state index contributed by atoms with van der Waals surface area (Å²) in [5.74, 6) is -0.924. The Morgan fingerprint density at radius 1 is 1.32 bits per heavy atom. The third kappa shape index (κ3) is 4.02. The average Bonchev–Trinajstić information content (AvgIpc) is 2.96. The van der Waals surface area contributed by atoms with Gasteiger partial charge in [0.25, 0.3) is 5.69 Å². The van der Waals surface area contributed by atoms with E-state index in [1.807, 2.05) is 6.07 Å². The third-order valence-electron chi connectivity index (χ3n) is 4.02. The minimum absolute atomic E-state index is 0.121. The van der Waals surface area contributed by atoms with Crippen LogP contribution in [0.15, 0.2) is 45.6 Å². The summed E-state index contributed by atoms with van der Waals surface area (Å²) in [6, 6.07) is 10.4. The molecule has 0 aliphatic heterocycles. The standard InChI is InChI=1S/C18H13ClN4O5/c19-14-8-12(4-3-11(14)10-20)21-17(24)2-1-7-22-15-6-5-13(23(26)27)9-16(15)28-18(22)25/h3-6,8-9H,1-2,7H2,(H,21,24). The second-order valence-electron chi connectivity index (χ2n) is 5.89. The lowest BCUT2D eigenvalue weighted by molar-refractivity contribution is -0.384. The highest BCUT2D eigenvalue weighted by Crippen LogP contribution is 2.21. The molecule has 1 amide bonds. The monoisotopic (exact) mass is 400 g/mol. The minimum Gasteiger partial charge on any atom is -0.407 e. The van der Waals surface area contributed by atoms with Crippen molar-refractivity contribution in [2.45, 2.75) is 19.4 Å². The molecule has 1 heterocycles. The van der Waals surface area contributed by atoms with E-state index in [1.165, 1.54) is 34.9 Å². The fraction of sp³-hybridized carbons (Fsp3) is 0.167. The molecule has 1 N–H and O–H groups in total. The fourth-order valence-electron chi connectivity index (χ4n) is 2.69. The molecule has 142 valence electrons. The Morgan fingerprint density at radius 2 is 2.11 bits per heavy atom. The number of anilines is 1. The zero-order valence-corrected chi connectivity index (χ0v) is 15.1. The van der Waals surface area contributed by atoms with Crippen LogP contribution >= 0.6 is 11.6 Å². The molecule has 3 rings (SSSR count). The lowest BCUT2D eigenvalue weighted by Gasteiger charge is -2.06. The maximum Gasteiger partial charge on any atom is 0.419 e. The quantitative estimate of drug-likeness (QED) is 0.498. The van der Waals surface area contributed by atoms with E-state index in [-0.39, 0.29) is 35.2 Å². The molecule has 2 aromatic carbocycles. The fourth-order valence-corrected chi connectivity index (χ4v) is 2.91. The summed E-state index contributed by atoms with van der Waals surface area (Å²) >= 11 is 5.92. The number of nitrogens with one attached hydrogen (secondary N) is 1. The predicted molar refractivity (Wildman–Crippen MR) is 101 cm³/mol. The van der Waals surface area contributed by atoms with Gasteiger partial charge < -0.3 is 9.73 Å². The van der Waals surface area contributed by atoms with Crippen molar-refractivity contribution < 1.29 is 14.1 Å². The number of aryl methyl sites for hydroxylation is 1. The highest BCUT2D eigenvalue weighted by Gasteiger charge is 2.14. The number of fused-ring (bicyclic) bond motifs is 1. The highest BCUT2D eigenvalue weighted by molar-refractivity contribution is 6.32. The van der Waals surface area contributed by atoms with Gasteiger partial charge in [-0.2, -0.15) is 5.26 Å². The SMILES string of the molecule is N#Cc1ccc(NC(=O)CCCn2c(=O)oc3cc([N+](=O)[O-])ccc32)cc1Cl. The van der Waals surface area contributed by atoms with Crippen LogP contribution in [0.1, 0.15) is 18.4 Å². The molecular formula is C18H13ClN4O5. The lowest BCUT2D eigenvalue weighted by Crippen LogP contribution is -2.17. The largest absolute Gasteiger partial charge is 0.419 e. The Hall–Kier alpha value is -3.64. The third-order valence-corrected chi connectivity index (χ3v) is 4.33. The molecule has 0 bridgehead atoms. The normalized spacial score (nSPS) is 10.6. The van der Waals surface area contributed by atoms with Gasteiger partial charge in [0.1, 0.15) is 6.07 Å². The van der Waals surface area contributed by atoms with Crippen LogP contribution in [0.3, 0.4) is 0 Å². The Kier molecular flexibility index (Phi) is 5.42. The number of aromatic nitrogens is 1. The molecule has 0 fully saturated rings. The number of rotatable bonds is 6. The first kappa shape index (κ1) is 19.1. The number of hydrogen-bond acceptors (Lipinski definition) is 6. The van der Waals surface area contributed by atoms with E-state index in [2.05, 4.69) is 5.32 Å². The molecule has 0 unspecified atom stereocenters. The van der Waals surface area contributed by atoms with Crippen molar-refractivity contribution in [3.63, 3.8) is 0 Å². The first-order valence-corrected chi connectivity index (χ1v) is 8.54. The molecule has 0 radical (unpaired) electrons. The number of nitro benzene ring substituents is 1. The number of non-ortho nitro benzene ring substituents is 1. The highest BCUT2D eigenvalue weighted by atomic mass is 35.5. The average molecular weight is 401 g/mol. The number of hydrogen-bond donors (Lipinski definition) is 1. The molecule has 0 saturated heterocycles. The number of amides is 1. The Balaban J connectivity index is 1.63. The van der Waals surface area contributed by atoms with E-state index in [9.17, 15) is 19.7 Å². The van der Waals surface area contributed by atoms with E-state index < -0.39 is 10.7 Å². The smallest absolute Gasteiger partial charge is 0.407 e. The first-order chi connectivity index (χ1) is 13.4. The maximum absolute atomic E-state index is 12.1. The van der Waals surface area contributed by atoms with Gasteiger partial charge >= 0.3 is 5.76 Å². The minimum atomic E-state index is -0.644. The Morgan fingerprint density at radius 3 is 2.79 bits per heavy atom. The van der Waals surface area contributed by atoms with Gasteiger partial charge in [-0.25, -0.2) is 4.79 Å². The van der Waals surface area contributed by atoms with Crippen LogP contribution < -0.4 is 11.1 Å². The molecular weight excluding hydrogens is 388 g/mol. The second-order valence-corrected chi connectivity index (χ2v) is 6.29. The van der Waals surface area contributed by atoms with Gasteiger partial charge in [0.2, 0.25) is 5.91 Å². The van der Waals surface area contributed by atoms with Crippen LogP contribution in [0.2, 0.25) is 5.02 Å². The molecule has 1 aromatic heterocycles. The maximum atomic E-state index is 12.1. The van der Waals surface area contributed by atoms with Crippen molar-refractivity contribution in [3.8, 4) is 6.07 Å². The van der Waals surface area contributed by atoms with Crippen molar-refractivity contribution in [1.82, 2.24) is 4.57 Å². The van der Waals surface area contributed by atoms with Gasteiger partial charge in [0.15, 0.2) is 5.58 Å². The molecule has 10 heteroatoms. The molecule has 28 heavy (non-hydrogen) atoms. The number of carbonyl (C=O) groups is 1. The van der Waals surface area contributed by atoms with Crippen LogP contribution in [-0.4, -0.2) is 15.4 Å². The van der Waals surface area contributed by atoms with Gasteiger partial charge in [0.05, 0.1) is 27.1 Å². The topological polar surface area (TPSA) is 131 Å². The Labute approximate surface area is 162 Å². The van der Waals surface area contributed by atoms with Crippen LogP contribution in [-0.2, 0) is 11.3 Å². The Bertz CT molecular complexity index is 1170. The van der Waals surface area contributed by atoms with Crippen LogP contribution in [0.4, 0.5) is 11.4 Å². The molecule has 0 atom stereocenters. The zero-order valence-electron chi connectivity index (χ0n) is 14.3. The molecule has 0 aliphatic rings. The number of nitriles is 1. The van der Waals surface area contributed by atoms with Gasteiger partial charge in [-0.05, 0) is 30.7 Å². The number of nitro groups is 1. The number of nitrogens with zero attached hydrogens (tertiary/aromatic N) is 3. The van der Waals surface area contributed by atoms with Gasteiger partial charge in [-0.3, -0.25) is 19.5 Å². The summed E-state index contributed by atoms with van der Waals surface area (Å²) in [6.45, 7) is 0.213. The van der Waals surface area contributed by atoms with E-state index >= 15 is 0 Å². The number of carbonyl (C=O) groups excluding carboxylic acids is 1. The number of halogens is 1. The molecule has 0 spiro atoms. The summed E-state index contributed by atoms with van der Waals surface area (Å²) in [5.41, 5.74) is 1.15. The van der Waals surface area contributed by atoms with Gasteiger partial charge in [-0.1, -0.05) is 11.6 Å². The summed E-state index contributed by atoms with van der Waals surface area (Å²) in [5, 5.41) is 22.6. The lowest BCUT2D eigenvalue weighted by atomic mass is 10.2. The predicted octanol–water partition coefficient (Wildman–Crippen LogP) is 3.45. The van der Waals surface area contributed by atoms with E-state index in [4.69, 9.17) is 21.3 Å². The van der Waals surface area contributed by atoms with E-state index in [1.54, 1.807) is 6.07 Å². The molecule has 0 aliphatic carbocycles. The molecule has 3 aromatic rings. The van der Waals surface area contributed by atoms with E-state index in [0.717, 1.165) is 0 Å². The van der Waals surface area contributed by atoms with Gasteiger partial charge in [-0.15, -0.1) is 0 Å². The zero-order chi connectivity index (χ0) is 20.3. The second kappa shape index (κ2) is 7.94.